The Morgan fingerprint density at radius 3 is 2.26 bits per heavy atom. The summed E-state index contributed by atoms with van der Waals surface area (Å²) in [6.45, 7) is 10.7. The number of aliphatic hydroxyl groups excluding tert-OH is 1. The number of amides is 1. The number of carbonyl (C=O) groups excluding carboxylic acids is 1. The molecule has 2 aliphatic rings. The summed E-state index contributed by atoms with van der Waals surface area (Å²) in [4.78, 5) is 16.3. The van der Waals surface area contributed by atoms with E-state index >= 15 is 0 Å². The number of carbonyl (C=O) groups is 1. The smallest absolute Gasteiger partial charge is 0.410 e. The van der Waals surface area contributed by atoms with Gasteiger partial charge in [-0.2, -0.15) is 0 Å². The zero-order valence-electron chi connectivity index (χ0n) is 12.3. The molecule has 1 amide bonds. The number of nitrogens with zero attached hydrogens (tertiary/aromatic N) is 2. The Morgan fingerprint density at radius 2 is 1.79 bits per heavy atom. The van der Waals surface area contributed by atoms with Gasteiger partial charge in [0.25, 0.3) is 0 Å². The van der Waals surface area contributed by atoms with Crippen LogP contribution in [0.1, 0.15) is 27.2 Å². The van der Waals surface area contributed by atoms with Gasteiger partial charge in [-0.05, 0) is 39.0 Å². The molecule has 5 nitrogen and oxygen atoms in total. The van der Waals surface area contributed by atoms with Crippen LogP contribution in [0.4, 0.5) is 4.79 Å². The van der Waals surface area contributed by atoms with Crippen LogP contribution in [0.2, 0.25) is 0 Å². The number of fused-ring (bicyclic) bond motifs is 1. The van der Waals surface area contributed by atoms with Crippen molar-refractivity contribution in [3.05, 3.63) is 0 Å². The highest BCUT2D eigenvalue weighted by molar-refractivity contribution is 5.68. The summed E-state index contributed by atoms with van der Waals surface area (Å²) in [5.41, 5.74) is -0.415. The first kappa shape index (κ1) is 14.6. The molecule has 0 saturated carbocycles. The quantitative estimate of drug-likeness (QED) is 0.836. The van der Waals surface area contributed by atoms with E-state index in [0.717, 1.165) is 39.1 Å². The molecule has 0 aromatic heterocycles. The minimum Gasteiger partial charge on any atom is -0.444 e. The summed E-state index contributed by atoms with van der Waals surface area (Å²) in [7, 11) is 0. The van der Waals surface area contributed by atoms with E-state index in [4.69, 9.17) is 9.84 Å². The van der Waals surface area contributed by atoms with Crippen LogP contribution >= 0.6 is 0 Å². The fraction of sp³-hybridized carbons (Fsp3) is 0.929. The molecule has 5 heteroatoms. The van der Waals surface area contributed by atoms with Crippen LogP contribution in [0.15, 0.2) is 0 Å². The molecule has 2 heterocycles. The van der Waals surface area contributed by atoms with Crippen molar-refractivity contribution in [2.45, 2.75) is 32.8 Å². The van der Waals surface area contributed by atoms with Gasteiger partial charge >= 0.3 is 6.09 Å². The molecule has 110 valence electrons. The summed E-state index contributed by atoms with van der Waals surface area (Å²) < 4.78 is 5.42. The first-order valence-corrected chi connectivity index (χ1v) is 7.20. The maximum Gasteiger partial charge on any atom is 0.410 e. The van der Waals surface area contributed by atoms with E-state index in [1.165, 1.54) is 0 Å². The number of likely N-dealkylation sites (tertiary alicyclic amines) is 2. The normalized spacial score (nSPS) is 27.7. The largest absolute Gasteiger partial charge is 0.444 e. The molecule has 1 N–H and O–H groups in total. The summed E-state index contributed by atoms with van der Waals surface area (Å²) in [5.74, 6) is 1.15. The van der Waals surface area contributed by atoms with Crippen LogP contribution in [0.5, 0.6) is 0 Å². The number of rotatable bonds is 3. The van der Waals surface area contributed by atoms with Gasteiger partial charge < -0.3 is 19.6 Å². The molecule has 2 unspecified atom stereocenters. The van der Waals surface area contributed by atoms with Gasteiger partial charge in [-0.15, -0.1) is 0 Å². The van der Waals surface area contributed by atoms with E-state index in [1.54, 1.807) is 0 Å². The Morgan fingerprint density at radius 1 is 1.21 bits per heavy atom. The van der Waals surface area contributed by atoms with Gasteiger partial charge in [0.15, 0.2) is 0 Å². The van der Waals surface area contributed by atoms with E-state index in [2.05, 4.69) is 4.90 Å². The van der Waals surface area contributed by atoms with Gasteiger partial charge in [0, 0.05) is 39.3 Å². The van der Waals surface area contributed by atoms with Crippen molar-refractivity contribution in [2.24, 2.45) is 11.8 Å². The van der Waals surface area contributed by atoms with E-state index in [0.29, 0.717) is 11.8 Å². The van der Waals surface area contributed by atoms with Crippen molar-refractivity contribution in [3.63, 3.8) is 0 Å². The Kier molecular flexibility index (Phi) is 4.36. The molecule has 0 bridgehead atoms. The molecular weight excluding hydrogens is 244 g/mol. The molecule has 2 rings (SSSR count). The molecule has 2 saturated heterocycles. The number of aliphatic hydroxyl groups is 1. The van der Waals surface area contributed by atoms with Gasteiger partial charge in [0.1, 0.15) is 5.60 Å². The fourth-order valence-electron chi connectivity index (χ4n) is 3.04. The van der Waals surface area contributed by atoms with Crippen molar-refractivity contribution in [2.75, 3.05) is 39.3 Å². The van der Waals surface area contributed by atoms with Gasteiger partial charge in [-0.25, -0.2) is 4.79 Å². The van der Waals surface area contributed by atoms with Crippen LogP contribution < -0.4 is 0 Å². The number of hydrogen-bond acceptors (Lipinski definition) is 4. The van der Waals surface area contributed by atoms with Crippen LogP contribution in [0.25, 0.3) is 0 Å². The fourth-order valence-corrected chi connectivity index (χ4v) is 3.04. The maximum absolute atomic E-state index is 12.0. The molecule has 0 aromatic rings. The molecule has 0 spiro atoms. The Balaban J connectivity index is 1.79. The number of hydrogen-bond donors (Lipinski definition) is 1. The van der Waals surface area contributed by atoms with Gasteiger partial charge in [-0.3, -0.25) is 0 Å². The average Bonchev–Trinajstić information content (AvgIpc) is 2.81. The lowest BCUT2D eigenvalue weighted by Gasteiger charge is -2.26. The zero-order chi connectivity index (χ0) is 14.0. The Labute approximate surface area is 115 Å². The first-order valence-electron chi connectivity index (χ1n) is 7.20. The van der Waals surface area contributed by atoms with E-state index in [-0.39, 0.29) is 12.7 Å². The van der Waals surface area contributed by atoms with Crippen molar-refractivity contribution in [1.82, 2.24) is 9.80 Å². The Bertz CT molecular complexity index is 313. The predicted octanol–water partition coefficient (Wildman–Crippen LogP) is 1.17. The molecule has 2 fully saturated rings. The first-order chi connectivity index (χ1) is 8.89. The van der Waals surface area contributed by atoms with Gasteiger partial charge in [0.2, 0.25) is 0 Å². The lowest BCUT2D eigenvalue weighted by atomic mass is 10.0. The van der Waals surface area contributed by atoms with E-state index < -0.39 is 5.60 Å². The van der Waals surface area contributed by atoms with Crippen molar-refractivity contribution >= 4 is 6.09 Å². The molecule has 2 aliphatic heterocycles. The second-order valence-electron chi connectivity index (χ2n) is 6.74. The third-order valence-corrected chi connectivity index (χ3v) is 3.85. The van der Waals surface area contributed by atoms with Crippen molar-refractivity contribution in [3.8, 4) is 0 Å². The molecule has 0 aromatic carbocycles. The summed E-state index contributed by atoms with van der Waals surface area (Å²) in [6, 6.07) is 0. The highest BCUT2D eigenvalue weighted by Gasteiger charge is 2.42. The van der Waals surface area contributed by atoms with E-state index in [1.807, 2.05) is 25.7 Å². The molecule has 0 aliphatic carbocycles. The SMILES string of the molecule is CC(C)(C)OC(=O)N1CC2CN(CCCO)CC2C1. The Hall–Kier alpha value is -0.810. The van der Waals surface area contributed by atoms with Crippen LogP contribution in [-0.4, -0.2) is 65.9 Å². The summed E-state index contributed by atoms with van der Waals surface area (Å²) >= 11 is 0. The van der Waals surface area contributed by atoms with Gasteiger partial charge in [0.05, 0.1) is 0 Å². The van der Waals surface area contributed by atoms with Crippen LogP contribution in [0, 0.1) is 11.8 Å². The lowest BCUT2D eigenvalue weighted by molar-refractivity contribution is 0.0274. The second-order valence-corrected chi connectivity index (χ2v) is 6.74. The van der Waals surface area contributed by atoms with Crippen LogP contribution in [-0.2, 0) is 4.74 Å². The topological polar surface area (TPSA) is 53.0 Å². The standard InChI is InChI=1S/C14H26N2O3/c1-14(2,3)19-13(18)16-9-11-7-15(5-4-6-17)8-12(11)10-16/h11-12,17H,4-10H2,1-3H3. The summed E-state index contributed by atoms with van der Waals surface area (Å²) in [5, 5.41) is 8.86. The number of ether oxygens (including phenoxy) is 1. The summed E-state index contributed by atoms with van der Waals surface area (Å²) in [6.07, 6.45) is 0.665. The predicted molar refractivity (Wildman–Crippen MR) is 72.9 cm³/mol. The molecular formula is C14H26N2O3. The zero-order valence-corrected chi connectivity index (χ0v) is 12.3. The highest BCUT2D eigenvalue weighted by atomic mass is 16.6. The molecule has 2 atom stereocenters. The van der Waals surface area contributed by atoms with Crippen molar-refractivity contribution in [1.29, 1.82) is 0 Å². The molecule has 19 heavy (non-hydrogen) atoms. The maximum atomic E-state index is 12.0. The van der Waals surface area contributed by atoms with Crippen molar-refractivity contribution < 1.29 is 14.6 Å². The minimum atomic E-state index is -0.415. The lowest BCUT2D eigenvalue weighted by Crippen LogP contribution is -2.37. The minimum absolute atomic E-state index is 0.177. The van der Waals surface area contributed by atoms with E-state index in [9.17, 15) is 4.79 Å². The monoisotopic (exact) mass is 270 g/mol. The average molecular weight is 270 g/mol. The van der Waals surface area contributed by atoms with Crippen LogP contribution in [0.3, 0.4) is 0 Å². The second kappa shape index (κ2) is 5.67. The van der Waals surface area contributed by atoms with Gasteiger partial charge in [-0.1, -0.05) is 0 Å². The molecule has 0 radical (unpaired) electrons. The highest BCUT2D eigenvalue weighted by Crippen LogP contribution is 2.31. The third-order valence-electron chi connectivity index (χ3n) is 3.85. The third kappa shape index (κ3) is 3.83.